The average Bonchev–Trinajstić information content (AvgIpc) is 3.39. The predicted octanol–water partition coefficient (Wildman–Crippen LogP) is 5.26. The molecule has 1 amide bonds. The van der Waals surface area contributed by atoms with Crippen LogP contribution in [0.4, 0.5) is 11.4 Å². The van der Waals surface area contributed by atoms with E-state index in [1.54, 1.807) is 29.4 Å². The molecular formula is C23H20N2O3S. The number of carbonyl (C=O) groups excluding carboxylic acids is 2. The summed E-state index contributed by atoms with van der Waals surface area (Å²) in [5.41, 5.74) is 3.18. The van der Waals surface area contributed by atoms with E-state index < -0.39 is 6.04 Å². The molecule has 0 spiro atoms. The van der Waals surface area contributed by atoms with Gasteiger partial charge in [0.25, 0.3) is 0 Å². The summed E-state index contributed by atoms with van der Waals surface area (Å²) in [4.78, 5) is 29.0. The van der Waals surface area contributed by atoms with Crippen LogP contribution in [-0.2, 0) is 9.59 Å². The van der Waals surface area contributed by atoms with Crippen LogP contribution < -0.4 is 10.2 Å². The number of rotatable bonds is 2. The molecule has 5 nitrogen and oxygen atoms in total. The summed E-state index contributed by atoms with van der Waals surface area (Å²) in [6, 6.07) is 15.0. The molecule has 0 saturated heterocycles. The van der Waals surface area contributed by atoms with Gasteiger partial charge in [-0.3, -0.25) is 14.5 Å². The van der Waals surface area contributed by atoms with Crippen LogP contribution in [0.3, 0.4) is 0 Å². The Morgan fingerprint density at radius 2 is 2.00 bits per heavy atom. The molecule has 3 heterocycles. The fourth-order valence-electron chi connectivity index (χ4n) is 4.38. The summed E-state index contributed by atoms with van der Waals surface area (Å²) in [7, 11) is 0. The molecule has 1 aliphatic heterocycles. The standard InChI is InChI=1S/C23H20N2O3S/c1-14(26)25-18-7-3-2-6-16(18)24-17-12-15(20-8-4-10-28-20)13-19(27)22(17)23(25)21-9-5-11-29-21/h2-11,15,23-24H,12-13H2,1H3/t15-,23+/m0/s1. The number of ketones is 1. The fraction of sp³-hybridized carbons (Fsp3) is 0.217. The first-order chi connectivity index (χ1) is 14.1. The maximum atomic E-state index is 13.4. The van der Waals surface area contributed by atoms with E-state index >= 15 is 0 Å². The number of fused-ring (bicyclic) bond motifs is 1. The van der Waals surface area contributed by atoms with Gasteiger partial charge in [0.2, 0.25) is 5.91 Å². The highest BCUT2D eigenvalue weighted by atomic mass is 32.1. The van der Waals surface area contributed by atoms with Crippen molar-refractivity contribution < 1.29 is 14.0 Å². The number of para-hydroxylation sites is 2. The lowest BCUT2D eigenvalue weighted by Crippen LogP contribution is -2.36. The topological polar surface area (TPSA) is 62.6 Å². The highest BCUT2D eigenvalue weighted by Gasteiger charge is 2.41. The molecule has 146 valence electrons. The summed E-state index contributed by atoms with van der Waals surface area (Å²) >= 11 is 1.56. The van der Waals surface area contributed by atoms with Gasteiger partial charge in [-0.2, -0.15) is 0 Å². The first-order valence-electron chi connectivity index (χ1n) is 9.62. The maximum absolute atomic E-state index is 13.4. The van der Waals surface area contributed by atoms with E-state index in [-0.39, 0.29) is 17.6 Å². The fourth-order valence-corrected chi connectivity index (χ4v) is 5.20. The third kappa shape index (κ3) is 3.00. The highest BCUT2D eigenvalue weighted by Crippen LogP contribution is 2.48. The third-order valence-corrected chi connectivity index (χ3v) is 6.51. The van der Waals surface area contributed by atoms with Crippen LogP contribution in [0.1, 0.15) is 42.4 Å². The zero-order chi connectivity index (χ0) is 20.0. The number of amides is 1. The number of hydrogen-bond donors (Lipinski definition) is 1. The van der Waals surface area contributed by atoms with Gasteiger partial charge in [0.15, 0.2) is 5.78 Å². The summed E-state index contributed by atoms with van der Waals surface area (Å²) in [5.74, 6) is 0.772. The van der Waals surface area contributed by atoms with E-state index in [1.807, 2.05) is 53.9 Å². The second-order valence-electron chi connectivity index (χ2n) is 7.39. The van der Waals surface area contributed by atoms with E-state index in [0.29, 0.717) is 18.4 Å². The molecule has 0 saturated carbocycles. The van der Waals surface area contributed by atoms with Gasteiger partial charge in [0, 0.05) is 35.4 Å². The van der Waals surface area contributed by atoms with Crippen LogP contribution in [0.2, 0.25) is 0 Å². The average molecular weight is 404 g/mol. The lowest BCUT2D eigenvalue weighted by atomic mass is 9.81. The number of furan rings is 1. The molecule has 1 aliphatic carbocycles. The van der Waals surface area contributed by atoms with Gasteiger partial charge in [-0.1, -0.05) is 18.2 Å². The van der Waals surface area contributed by atoms with Crippen LogP contribution >= 0.6 is 11.3 Å². The quantitative estimate of drug-likeness (QED) is 0.633. The zero-order valence-corrected chi connectivity index (χ0v) is 16.7. The Labute approximate surface area is 172 Å². The van der Waals surface area contributed by atoms with E-state index in [0.717, 1.165) is 27.7 Å². The molecule has 3 aromatic rings. The monoisotopic (exact) mass is 404 g/mol. The van der Waals surface area contributed by atoms with Crippen molar-refractivity contribution in [2.24, 2.45) is 0 Å². The van der Waals surface area contributed by atoms with Gasteiger partial charge < -0.3 is 9.73 Å². The number of thiophene rings is 1. The van der Waals surface area contributed by atoms with Crippen molar-refractivity contribution in [2.45, 2.75) is 31.7 Å². The summed E-state index contributed by atoms with van der Waals surface area (Å²) in [5, 5.41) is 5.47. The van der Waals surface area contributed by atoms with E-state index in [4.69, 9.17) is 4.42 Å². The largest absolute Gasteiger partial charge is 0.469 e. The molecule has 5 rings (SSSR count). The van der Waals surface area contributed by atoms with Crippen LogP contribution in [0.15, 0.2) is 75.9 Å². The molecular weight excluding hydrogens is 384 g/mol. The van der Waals surface area contributed by atoms with Crippen LogP contribution in [-0.4, -0.2) is 11.7 Å². The number of carbonyl (C=O) groups is 2. The van der Waals surface area contributed by atoms with Crippen molar-refractivity contribution >= 4 is 34.4 Å². The predicted molar refractivity (Wildman–Crippen MR) is 113 cm³/mol. The van der Waals surface area contributed by atoms with Gasteiger partial charge in [-0.05, 0) is 42.1 Å². The molecule has 2 aromatic heterocycles. The van der Waals surface area contributed by atoms with E-state index in [1.165, 1.54) is 0 Å². The molecule has 29 heavy (non-hydrogen) atoms. The zero-order valence-electron chi connectivity index (χ0n) is 15.9. The molecule has 2 atom stereocenters. The molecule has 0 unspecified atom stereocenters. The molecule has 0 bridgehead atoms. The van der Waals surface area contributed by atoms with E-state index in [2.05, 4.69) is 5.32 Å². The molecule has 0 fully saturated rings. The number of Topliss-reactive ketones (excluding diaryl/α,β-unsaturated/α-hetero) is 1. The number of allylic oxidation sites excluding steroid dienone is 1. The van der Waals surface area contributed by atoms with Crippen molar-refractivity contribution in [3.05, 3.63) is 82.1 Å². The smallest absolute Gasteiger partial charge is 0.224 e. The van der Waals surface area contributed by atoms with Gasteiger partial charge in [0.05, 0.1) is 17.6 Å². The van der Waals surface area contributed by atoms with Crippen LogP contribution in [0, 0.1) is 0 Å². The van der Waals surface area contributed by atoms with Crippen LogP contribution in [0.25, 0.3) is 0 Å². The molecule has 1 aromatic carbocycles. The number of anilines is 2. The second-order valence-corrected chi connectivity index (χ2v) is 8.36. The minimum Gasteiger partial charge on any atom is -0.469 e. The van der Waals surface area contributed by atoms with Crippen molar-refractivity contribution in [1.29, 1.82) is 0 Å². The van der Waals surface area contributed by atoms with Gasteiger partial charge in [0.1, 0.15) is 11.8 Å². The Balaban J connectivity index is 1.71. The number of hydrogen-bond acceptors (Lipinski definition) is 5. The number of nitrogens with zero attached hydrogens (tertiary/aromatic N) is 1. The normalized spacial score (nSPS) is 21.3. The molecule has 2 aliphatic rings. The molecule has 6 heteroatoms. The van der Waals surface area contributed by atoms with Crippen molar-refractivity contribution in [1.82, 2.24) is 0 Å². The first kappa shape index (κ1) is 17.9. The Morgan fingerprint density at radius 3 is 2.72 bits per heavy atom. The first-order valence-corrected chi connectivity index (χ1v) is 10.5. The van der Waals surface area contributed by atoms with Crippen molar-refractivity contribution in [3.8, 4) is 0 Å². The van der Waals surface area contributed by atoms with Crippen molar-refractivity contribution in [3.63, 3.8) is 0 Å². The lowest BCUT2D eigenvalue weighted by Gasteiger charge is -2.33. The summed E-state index contributed by atoms with van der Waals surface area (Å²) in [6.07, 6.45) is 2.68. The maximum Gasteiger partial charge on any atom is 0.224 e. The summed E-state index contributed by atoms with van der Waals surface area (Å²) < 4.78 is 5.60. The van der Waals surface area contributed by atoms with E-state index in [9.17, 15) is 9.59 Å². The SMILES string of the molecule is CC(=O)N1c2ccccc2NC2=C(C(=O)C[C@@H](c3ccco3)C2)[C@H]1c1cccs1. The second kappa shape index (κ2) is 7.04. The van der Waals surface area contributed by atoms with Crippen molar-refractivity contribution in [2.75, 3.05) is 10.2 Å². The van der Waals surface area contributed by atoms with Gasteiger partial charge in [-0.15, -0.1) is 11.3 Å². The van der Waals surface area contributed by atoms with Gasteiger partial charge >= 0.3 is 0 Å². The van der Waals surface area contributed by atoms with Crippen LogP contribution in [0.5, 0.6) is 0 Å². The minimum atomic E-state index is -0.427. The third-order valence-electron chi connectivity index (χ3n) is 5.59. The molecule has 0 radical (unpaired) electrons. The minimum absolute atomic E-state index is 0.0104. The Bertz CT molecular complexity index is 1100. The number of benzene rings is 1. The summed E-state index contributed by atoms with van der Waals surface area (Å²) in [6.45, 7) is 1.56. The van der Waals surface area contributed by atoms with Gasteiger partial charge in [-0.25, -0.2) is 0 Å². The Kier molecular flexibility index (Phi) is 4.36. The highest BCUT2D eigenvalue weighted by molar-refractivity contribution is 7.10. The molecule has 1 N–H and O–H groups in total. The number of nitrogens with one attached hydrogen (secondary N) is 1. The Hall–Kier alpha value is -3.12. The Morgan fingerprint density at radius 1 is 1.14 bits per heavy atom. The lowest BCUT2D eigenvalue weighted by molar-refractivity contribution is -0.117.